The molecule has 3 aromatic rings. The van der Waals surface area contributed by atoms with Crippen LogP contribution in [0, 0.1) is 13.8 Å². The van der Waals surface area contributed by atoms with Gasteiger partial charge in [-0.3, -0.25) is 9.59 Å². The summed E-state index contributed by atoms with van der Waals surface area (Å²) in [5.41, 5.74) is 1.40. The van der Waals surface area contributed by atoms with E-state index >= 15 is 0 Å². The second-order valence-corrected chi connectivity index (χ2v) is 7.20. The highest BCUT2D eigenvalue weighted by Crippen LogP contribution is 2.29. The minimum Gasteiger partial charge on any atom is -0.364 e. The first-order valence-corrected chi connectivity index (χ1v) is 9.23. The second-order valence-electron chi connectivity index (χ2n) is 6.82. The Kier molecular flexibility index (Phi) is 5.71. The summed E-state index contributed by atoms with van der Waals surface area (Å²) in [5, 5.41) is 0.0383. The van der Waals surface area contributed by atoms with E-state index in [4.69, 9.17) is 11.6 Å². The maximum absolute atomic E-state index is 12.6. The minimum absolute atomic E-state index is 0.0383. The third-order valence-electron chi connectivity index (χ3n) is 4.71. The standard InChI is InChI=1S/C21H18ClF3N2O2/c1-11-18(20(29)19(22)12(2)27-11)16-10-26-15(9-17(16)28)8-5-13-3-6-14(7-4-13)21(23,24)25/h3-4,6-7,9-10H,5,8H2,1-2H3,(H,26,28)(H,27,29). The number of aryl methyl sites for hydroxylation is 4. The molecule has 0 unspecified atom stereocenters. The maximum Gasteiger partial charge on any atom is 0.416 e. The molecule has 0 bridgehead atoms. The number of hydrogen-bond donors (Lipinski definition) is 2. The Bertz CT molecular complexity index is 1160. The van der Waals surface area contributed by atoms with Crippen molar-refractivity contribution >= 4 is 11.6 Å². The smallest absolute Gasteiger partial charge is 0.364 e. The van der Waals surface area contributed by atoms with Crippen LogP contribution in [0.4, 0.5) is 13.2 Å². The number of pyridine rings is 2. The third kappa shape index (κ3) is 4.45. The normalized spacial score (nSPS) is 11.7. The van der Waals surface area contributed by atoms with Crippen molar-refractivity contribution in [2.75, 3.05) is 0 Å². The number of H-pyrrole nitrogens is 2. The lowest BCUT2D eigenvalue weighted by atomic mass is 10.0. The molecule has 8 heteroatoms. The quantitative estimate of drug-likeness (QED) is 0.634. The summed E-state index contributed by atoms with van der Waals surface area (Å²) < 4.78 is 37.9. The van der Waals surface area contributed by atoms with Crippen molar-refractivity contribution in [2.45, 2.75) is 32.9 Å². The van der Waals surface area contributed by atoms with Gasteiger partial charge in [0.1, 0.15) is 5.02 Å². The van der Waals surface area contributed by atoms with Gasteiger partial charge in [0, 0.05) is 29.3 Å². The van der Waals surface area contributed by atoms with Crippen LogP contribution in [0.15, 0.2) is 46.1 Å². The van der Waals surface area contributed by atoms with Gasteiger partial charge in [0.25, 0.3) is 0 Å². The van der Waals surface area contributed by atoms with Crippen LogP contribution in [-0.4, -0.2) is 9.97 Å². The first-order chi connectivity index (χ1) is 13.6. The summed E-state index contributed by atoms with van der Waals surface area (Å²) in [6, 6.07) is 6.32. The molecule has 0 aliphatic carbocycles. The molecule has 2 N–H and O–H groups in total. The van der Waals surface area contributed by atoms with Gasteiger partial charge in [0.15, 0.2) is 5.43 Å². The summed E-state index contributed by atoms with van der Waals surface area (Å²) in [6.07, 6.45) is -2.00. The van der Waals surface area contributed by atoms with Crippen LogP contribution >= 0.6 is 11.6 Å². The summed E-state index contributed by atoms with van der Waals surface area (Å²) in [5.74, 6) is 0. The Balaban J connectivity index is 1.82. The summed E-state index contributed by atoms with van der Waals surface area (Å²) in [7, 11) is 0. The van der Waals surface area contributed by atoms with E-state index in [9.17, 15) is 22.8 Å². The Morgan fingerprint density at radius 1 is 1.00 bits per heavy atom. The second kappa shape index (κ2) is 7.91. The monoisotopic (exact) mass is 422 g/mol. The van der Waals surface area contributed by atoms with Gasteiger partial charge < -0.3 is 9.97 Å². The SMILES string of the molecule is Cc1[nH]c(C)c(-c2c[nH]c(CCc3ccc(C(F)(F)F)cc3)cc2=O)c(=O)c1Cl. The molecule has 0 spiro atoms. The van der Waals surface area contributed by atoms with E-state index in [-0.39, 0.29) is 21.6 Å². The molecule has 0 fully saturated rings. The first-order valence-electron chi connectivity index (χ1n) is 8.85. The highest BCUT2D eigenvalue weighted by molar-refractivity contribution is 6.31. The molecule has 152 valence electrons. The van der Waals surface area contributed by atoms with Crippen molar-refractivity contribution in [2.24, 2.45) is 0 Å². The molecular formula is C21H18ClF3N2O2. The zero-order chi connectivity index (χ0) is 21.3. The highest BCUT2D eigenvalue weighted by Gasteiger charge is 2.29. The van der Waals surface area contributed by atoms with Crippen molar-refractivity contribution in [3.05, 3.63) is 90.2 Å². The van der Waals surface area contributed by atoms with Gasteiger partial charge >= 0.3 is 6.18 Å². The predicted molar refractivity (Wildman–Crippen MR) is 106 cm³/mol. The van der Waals surface area contributed by atoms with Crippen molar-refractivity contribution in [3.63, 3.8) is 0 Å². The fourth-order valence-electron chi connectivity index (χ4n) is 3.17. The summed E-state index contributed by atoms with van der Waals surface area (Å²) >= 11 is 6.02. The van der Waals surface area contributed by atoms with Gasteiger partial charge in [-0.05, 0) is 44.4 Å². The molecule has 29 heavy (non-hydrogen) atoms. The first kappa shape index (κ1) is 20.9. The number of nitrogens with one attached hydrogen (secondary N) is 2. The average Bonchev–Trinajstić information content (AvgIpc) is 2.65. The lowest BCUT2D eigenvalue weighted by molar-refractivity contribution is -0.137. The van der Waals surface area contributed by atoms with E-state index in [1.165, 1.54) is 24.4 Å². The van der Waals surface area contributed by atoms with Gasteiger partial charge in [0.2, 0.25) is 5.43 Å². The summed E-state index contributed by atoms with van der Waals surface area (Å²) in [6.45, 7) is 3.37. The number of alkyl halides is 3. The van der Waals surface area contributed by atoms with E-state index in [1.807, 2.05) is 0 Å². The molecule has 0 aliphatic rings. The van der Waals surface area contributed by atoms with Crippen molar-refractivity contribution < 1.29 is 13.2 Å². The fraction of sp³-hybridized carbons (Fsp3) is 0.238. The number of rotatable bonds is 4. The zero-order valence-corrected chi connectivity index (χ0v) is 16.5. The van der Waals surface area contributed by atoms with E-state index in [0.29, 0.717) is 29.9 Å². The molecule has 2 aromatic heterocycles. The van der Waals surface area contributed by atoms with Crippen molar-refractivity contribution in [1.82, 2.24) is 9.97 Å². The van der Waals surface area contributed by atoms with E-state index in [2.05, 4.69) is 9.97 Å². The van der Waals surface area contributed by atoms with Gasteiger partial charge in [-0.1, -0.05) is 23.7 Å². The molecular weight excluding hydrogens is 405 g/mol. The van der Waals surface area contributed by atoms with Crippen LogP contribution in [-0.2, 0) is 19.0 Å². The number of benzene rings is 1. The van der Waals surface area contributed by atoms with E-state index in [0.717, 1.165) is 17.7 Å². The van der Waals surface area contributed by atoms with Crippen LogP contribution in [0.25, 0.3) is 11.1 Å². The van der Waals surface area contributed by atoms with Crippen LogP contribution in [0.3, 0.4) is 0 Å². The summed E-state index contributed by atoms with van der Waals surface area (Å²) in [4.78, 5) is 31.0. The average molecular weight is 423 g/mol. The van der Waals surface area contributed by atoms with Crippen molar-refractivity contribution in [1.29, 1.82) is 0 Å². The third-order valence-corrected chi connectivity index (χ3v) is 5.17. The fourth-order valence-corrected chi connectivity index (χ4v) is 3.31. The highest BCUT2D eigenvalue weighted by atomic mass is 35.5. The van der Waals surface area contributed by atoms with Crippen LogP contribution in [0.5, 0.6) is 0 Å². The Morgan fingerprint density at radius 3 is 2.24 bits per heavy atom. The van der Waals surface area contributed by atoms with Gasteiger partial charge in [0.05, 0.1) is 16.7 Å². The minimum atomic E-state index is -4.37. The number of halogens is 4. The van der Waals surface area contributed by atoms with E-state index in [1.54, 1.807) is 13.8 Å². The van der Waals surface area contributed by atoms with Crippen molar-refractivity contribution in [3.8, 4) is 11.1 Å². The molecule has 3 rings (SSSR count). The van der Waals surface area contributed by atoms with Gasteiger partial charge in [-0.2, -0.15) is 13.2 Å². The van der Waals surface area contributed by atoms with Crippen LogP contribution in [0.2, 0.25) is 5.02 Å². The lowest BCUT2D eigenvalue weighted by Crippen LogP contribution is -2.17. The zero-order valence-electron chi connectivity index (χ0n) is 15.7. The molecule has 0 saturated heterocycles. The molecule has 4 nitrogen and oxygen atoms in total. The maximum atomic E-state index is 12.6. The van der Waals surface area contributed by atoms with Gasteiger partial charge in [-0.25, -0.2) is 0 Å². The predicted octanol–water partition coefficient (Wildman–Crippen LogP) is 4.80. The molecule has 1 aromatic carbocycles. The molecule has 0 aliphatic heterocycles. The van der Waals surface area contributed by atoms with Gasteiger partial charge in [-0.15, -0.1) is 0 Å². The Morgan fingerprint density at radius 2 is 1.66 bits per heavy atom. The molecule has 0 saturated carbocycles. The molecule has 2 heterocycles. The lowest BCUT2D eigenvalue weighted by Gasteiger charge is -2.10. The largest absolute Gasteiger partial charge is 0.416 e. The molecule has 0 amide bonds. The Hall–Kier alpha value is -2.80. The topological polar surface area (TPSA) is 65.7 Å². The number of aromatic nitrogens is 2. The number of hydrogen-bond acceptors (Lipinski definition) is 2. The molecule has 0 atom stereocenters. The van der Waals surface area contributed by atoms with E-state index < -0.39 is 17.2 Å². The van der Waals surface area contributed by atoms with Crippen LogP contribution in [0.1, 0.15) is 28.2 Å². The van der Waals surface area contributed by atoms with Crippen LogP contribution < -0.4 is 10.9 Å². The Labute approximate surface area is 169 Å². The molecule has 0 radical (unpaired) electrons. The number of aromatic amines is 2.